The highest BCUT2D eigenvalue weighted by molar-refractivity contribution is 5.75. The Labute approximate surface area is 278 Å². The van der Waals surface area contributed by atoms with Gasteiger partial charge in [0.15, 0.2) is 0 Å². The fraction of sp³-hybridized carbons (Fsp3) is 0.974. The SMILES string of the molecule is CCCCCCCCCCCC[N+](C)(C)CC[N+](C)(CCCNC(=O)CC)CC[N+](C)(C)CCCCCCCCCCCC. The molecule has 0 spiro atoms. The van der Waals surface area contributed by atoms with Crippen molar-refractivity contribution >= 4 is 5.91 Å². The highest BCUT2D eigenvalue weighted by atomic mass is 16.1. The molecule has 0 fully saturated rings. The minimum Gasteiger partial charge on any atom is -0.356 e. The molecule has 0 saturated carbocycles. The second kappa shape index (κ2) is 27.5. The molecule has 44 heavy (non-hydrogen) atoms. The van der Waals surface area contributed by atoms with Crippen molar-refractivity contribution in [3.05, 3.63) is 0 Å². The van der Waals surface area contributed by atoms with Gasteiger partial charge in [-0.15, -0.1) is 0 Å². The fourth-order valence-electron chi connectivity index (χ4n) is 6.45. The van der Waals surface area contributed by atoms with Crippen molar-refractivity contribution in [3.63, 3.8) is 0 Å². The van der Waals surface area contributed by atoms with Gasteiger partial charge in [0.2, 0.25) is 5.91 Å². The topological polar surface area (TPSA) is 29.1 Å². The average Bonchev–Trinajstić information content (AvgIpc) is 2.99. The maximum absolute atomic E-state index is 11.8. The lowest BCUT2D eigenvalue weighted by atomic mass is 10.1. The number of nitrogens with zero attached hydrogens (tertiary/aromatic N) is 3. The van der Waals surface area contributed by atoms with E-state index in [1.807, 2.05) is 6.92 Å². The second-order valence-corrected chi connectivity index (χ2v) is 16.0. The van der Waals surface area contributed by atoms with Crippen LogP contribution >= 0.6 is 0 Å². The number of amides is 1. The molecule has 0 aliphatic rings. The number of nitrogens with one attached hydrogen (secondary N) is 1. The molecule has 1 amide bonds. The van der Waals surface area contributed by atoms with Crippen molar-refractivity contribution in [1.82, 2.24) is 5.32 Å². The van der Waals surface area contributed by atoms with E-state index in [0.29, 0.717) is 6.42 Å². The predicted octanol–water partition coefficient (Wildman–Crippen LogP) is 9.34. The minimum atomic E-state index is 0.183. The maximum Gasteiger partial charge on any atom is 0.219 e. The van der Waals surface area contributed by atoms with Crippen LogP contribution in [-0.4, -0.2) is 107 Å². The quantitative estimate of drug-likeness (QED) is 0.0571. The molecule has 0 aromatic heterocycles. The van der Waals surface area contributed by atoms with Gasteiger partial charge in [-0.3, -0.25) is 4.79 Å². The van der Waals surface area contributed by atoms with Crippen molar-refractivity contribution in [2.75, 3.05) is 87.6 Å². The van der Waals surface area contributed by atoms with Crippen LogP contribution in [0.15, 0.2) is 0 Å². The van der Waals surface area contributed by atoms with Crippen LogP contribution in [0.1, 0.15) is 162 Å². The summed E-state index contributed by atoms with van der Waals surface area (Å²) < 4.78 is 3.39. The van der Waals surface area contributed by atoms with E-state index in [1.165, 1.54) is 168 Å². The Morgan fingerprint density at radius 2 is 0.750 bits per heavy atom. The van der Waals surface area contributed by atoms with E-state index >= 15 is 0 Å². The summed E-state index contributed by atoms with van der Waals surface area (Å²) in [5.41, 5.74) is 0. The monoisotopic (exact) mass is 626 g/mol. The normalized spacial score (nSPS) is 12.6. The Kier molecular flexibility index (Phi) is 27.1. The fourth-order valence-corrected chi connectivity index (χ4v) is 6.45. The number of rotatable bonds is 33. The number of likely N-dealkylation sites (N-methyl/N-ethyl adjacent to an activating group) is 3. The third kappa shape index (κ3) is 27.6. The van der Waals surface area contributed by atoms with Crippen molar-refractivity contribution in [2.24, 2.45) is 0 Å². The van der Waals surface area contributed by atoms with E-state index in [0.717, 1.165) is 33.0 Å². The summed E-state index contributed by atoms with van der Waals surface area (Å²) in [4.78, 5) is 11.8. The lowest BCUT2D eigenvalue weighted by Gasteiger charge is -2.40. The van der Waals surface area contributed by atoms with Gasteiger partial charge in [0.05, 0.1) is 54.9 Å². The van der Waals surface area contributed by atoms with Gasteiger partial charge in [0.1, 0.15) is 26.2 Å². The molecule has 5 heteroatoms. The number of carbonyl (C=O) groups excluding carboxylic acids is 1. The smallest absolute Gasteiger partial charge is 0.219 e. The first-order chi connectivity index (χ1) is 21.0. The summed E-state index contributed by atoms with van der Waals surface area (Å²) >= 11 is 0. The van der Waals surface area contributed by atoms with Gasteiger partial charge in [0.25, 0.3) is 0 Å². The highest BCUT2D eigenvalue weighted by Crippen LogP contribution is 2.15. The van der Waals surface area contributed by atoms with E-state index < -0.39 is 0 Å². The minimum absolute atomic E-state index is 0.183. The summed E-state index contributed by atoms with van der Waals surface area (Å²) in [5.74, 6) is 0.183. The number of unbranched alkanes of at least 4 members (excludes halogenated alkanes) is 18. The first kappa shape index (κ1) is 43.4. The van der Waals surface area contributed by atoms with E-state index in [9.17, 15) is 4.79 Å². The van der Waals surface area contributed by atoms with E-state index in [-0.39, 0.29) is 5.91 Å². The second-order valence-electron chi connectivity index (χ2n) is 16.0. The van der Waals surface area contributed by atoms with Crippen molar-refractivity contribution < 1.29 is 18.2 Å². The molecular weight excluding hydrogens is 540 g/mol. The van der Waals surface area contributed by atoms with E-state index in [4.69, 9.17) is 0 Å². The van der Waals surface area contributed by atoms with Gasteiger partial charge in [-0.2, -0.15) is 0 Å². The van der Waals surface area contributed by atoms with Crippen molar-refractivity contribution in [3.8, 4) is 0 Å². The zero-order valence-electron chi connectivity index (χ0n) is 32.0. The van der Waals surface area contributed by atoms with Crippen molar-refractivity contribution in [1.29, 1.82) is 0 Å². The van der Waals surface area contributed by atoms with Crippen LogP contribution in [0.4, 0.5) is 0 Å². The van der Waals surface area contributed by atoms with Gasteiger partial charge < -0.3 is 18.8 Å². The molecule has 5 nitrogen and oxygen atoms in total. The Morgan fingerprint density at radius 1 is 0.409 bits per heavy atom. The molecule has 0 aromatic rings. The summed E-state index contributed by atoms with van der Waals surface area (Å²) in [6, 6.07) is 0. The Bertz CT molecular complexity index is 608. The van der Waals surface area contributed by atoms with Crippen LogP contribution in [0.5, 0.6) is 0 Å². The summed E-state index contributed by atoms with van der Waals surface area (Å²) in [6.45, 7) is 16.0. The zero-order chi connectivity index (χ0) is 33.0. The van der Waals surface area contributed by atoms with Gasteiger partial charge in [-0.1, -0.05) is 124 Å². The van der Waals surface area contributed by atoms with Crippen LogP contribution in [0, 0.1) is 0 Å². The molecule has 0 aliphatic heterocycles. The van der Waals surface area contributed by atoms with E-state index in [2.05, 4.69) is 54.4 Å². The van der Waals surface area contributed by atoms with Crippen LogP contribution in [-0.2, 0) is 4.79 Å². The lowest BCUT2D eigenvalue weighted by Crippen LogP contribution is -2.57. The summed E-state index contributed by atoms with van der Waals surface area (Å²) in [5, 5.41) is 3.12. The molecule has 264 valence electrons. The van der Waals surface area contributed by atoms with Crippen LogP contribution in [0.2, 0.25) is 0 Å². The largest absolute Gasteiger partial charge is 0.356 e. The summed E-state index contributed by atoms with van der Waals surface area (Å²) in [6.07, 6.45) is 29.9. The molecule has 0 unspecified atom stereocenters. The van der Waals surface area contributed by atoms with E-state index in [1.54, 1.807) is 0 Å². The third-order valence-corrected chi connectivity index (χ3v) is 10.2. The molecule has 0 saturated heterocycles. The van der Waals surface area contributed by atoms with Gasteiger partial charge in [-0.25, -0.2) is 0 Å². The number of hydrogen-bond acceptors (Lipinski definition) is 1. The Balaban J connectivity index is 4.56. The van der Waals surface area contributed by atoms with Crippen LogP contribution in [0.25, 0.3) is 0 Å². The molecule has 0 aliphatic carbocycles. The first-order valence-electron chi connectivity index (χ1n) is 19.7. The average molecular weight is 626 g/mol. The Morgan fingerprint density at radius 3 is 1.09 bits per heavy atom. The number of hydrogen-bond donors (Lipinski definition) is 1. The molecule has 0 aromatic carbocycles. The first-order valence-corrected chi connectivity index (χ1v) is 19.7. The maximum atomic E-state index is 11.8. The molecule has 0 radical (unpaired) electrons. The van der Waals surface area contributed by atoms with Gasteiger partial charge >= 0.3 is 0 Å². The molecular formula is C39H85N4O+3. The zero-order valence-corrected chi connectivity index (χ0v) is 32.0. The van der Waals surface area contributed by atoms with Crippen molar-refractivity contribution in [2.45, 2.75) is 162 Å². The van der Waals surface area contributed by atoms with Crippen LogP contribution in [0.3, 0.4) is 0 Å². The molecule has 0 atom stereocenters. The standard InChI is InChI=1S/C39H84N4O/c1-9-12-14-16-18-20-22-24-26-28-32-41(4,5)35-37-43(8,34-30-31-40-39(44)11-3)38-36-42(6,7)33-29-27-25-23-21-19-17-15-13-10-2/h9-38H2,1-8H3/q+2/p+1. The molecule has 0 rings (SSSR count). The number of quaternary nitrogens is 3. The molecule has 0 heterocycles. The van der Waals surface area contributed by atoms with Gasteiger partial charge in [-0.05, 0) is 25.7 Å². The summed E-state index contributed by atoms with van der Waals surface area (Å²) in [7, 11) is 12.3. The Hall–Kier alpha value is -0.650. The number of carbonyl (C=O) groups is 1. The lowest BCUT2D eigenvalue weighted by molar-refractivity contribution is -0.977. The third-order valence-electron chi connectivity index (χ3n) is 10.2. The van der Waals surface area contributed by atoms with Gasteiger partial charge in [0, 0.05) is 19.4 Å². The molecule has 0 bridgehead atoms. The molecule has 1 N–H and O–H groups in total. The van der Waals surface area contributed by atoms with Crippen LogP contribution < -0.4 is 5.32 Å². The predicted molar refractivity (Wildman–Crippen MR) is 196 cm³/mol. The highest BCUT2D eigenvalue weighted by Gasteiger charge is 2.29.